The summed E-state index contributed by atoms with van der Waals surface area (Å²) in [5, 5.41) is 6.28. The molecule has 1 aromatic carbocycles. The van der Waals surface area contributed by atoms with Gasteiger partial charge in [-0.2, -0.15) is 0 Å². The Bertz CT molecular complexity index is 1000. The van der Waals surface area contributed by atoms with Gasteiger partial charge in [-0.25, -0.2) is 4.98 Å². The first kappa shape index (κ1) is 18.9. The summed E-state index contributed by atoms with van der Waals surface area (Å²) in [6.07, 6.45) is 3.58. The average Bonchev–Trinajstić information content (AvgIpc) is 3.01. The first-order valence-electron chi connectivity index (χ1n) is 8.55. The monoisotopic (exact) mass is 384 g/mol. The number of hydrogen-bond acceptors (Lipinski definition) is 3. The summed E-state index contributed by atoms with van der Waals surface area (Å²) in [5.74, 6) is -0.347. The molecule has 3 aromatic rings. The number of aromatic nitrogens is 2. The normalized spacial score (nSPS) is 11.4. The van der Waals surface area contributed by atoms with E-state index in [-0.39, 0.29) is 18.4 Å². The number of fused-ring (bicyclic) bond motifs is 1. The van der Waals surface area contributed by atoms with E-state index < -0.39 is 5.41 Å². The van der Waals surface area contributed by atoms with Crippen LogP contribution in [0.4, 0.5) is 5.69 Å². The number of halogens is 1. The summed E-state index contributed by atoms with van der Waals surface area (Å²) in [5.41, 5.74) is 2.03. The zero-order valence-corrected chi connectivity index (χ0v) is 16.2. The second-order valence-electron chi connectivity index (χ2n) is 7.31. The highest BCUT2D eigenvalue weighted by Gasteiger charge is 2.21. The number of anilines is 1. The molecule has 6 nitrogen and oxygen atoms in total. The van der Waals surface area contributed by atoms with Crippen molar-refractivity contribution in [2.75, 3.05) is 5.32 Å². The Morgan fingerprint density at radius 3 is 2.67 bits per heavy atom. The topological polar surface area (TPSA) is 75.5 Å². The molecule has 0 unspecified atom stereocenters. The summed E-state index contributed by atoms with van der Waals surface area (Å²) in [6, 6.07) is 10.4. The number of nitrogens with zero attached hydrogens (tertiary/aromatic N) is 2. The van der Waals surface area contributed by atoms with Crippen LogP contribution in [-0.2, 0) is 11.3 Å². The molecule has 0 aliphatic rings. The SMILES string of the molecule is CC(C)(C)C(=O)Nc1cccc(C(=O)NCc2cn3cc(Cl)ccc3n2)c1. The lowest BCUT2D eigenvalue weighted by Crippen LogP contribution is -2.28. The Kier molecular flexibility index (Phi) is 5.19. The third-order valence-electron chi connectivity index (χ3n) is 3.96. The molecule has 2 N–H and O–H groups in total. The van der Waals surface area contributed by atoms with Crippen LogP contribution < -0.4 is 10.6 Å². The van der Waals surface area contributed by atoms with E-state index in [1.165, 1.54) is 0 Å². The fraction of sp³-hybridized carbons (Fsp3) is 0.250. The summed E-state index contributed by atoms with van der Waals surface area (Å²) < 4.78 is 1.81. The van der Waals surface area contributed by atoms with Gasteiger partial charge in [0.15, 0.2) is 0 Å². The number of rotatable bonds is 4. The highest BCUT2D eigenvalue weighted by molar-refractivity contribution is 6.30. The number of carbonyl (C=O) groups excluding carboxylic acids is 2. The fourth-order valence-electron chi connectivity index (χ4n) is 2.43. The lowest BCUT2D eigenvalue weighted by atomic mass is 9.95. The molecular weight excluding hydrogens is 364 g/mol. The molecule has 7 heteroatoms. The number of benzene rings is 1. The third kappa shape index (κ3) is 4.65. The Morgan fingerprint density at radius 2 is 1.93 bits per heavy atom. The molecule has 0 atom stereocenters. The molecule has 0 fully saturated rings. The third-order valence-corrected chi connectivity index (χ3v) is 4.18. The van der Waals surface area contributed by atoms with Crippen LogP contribution in [0.25, 0.3) is 5.65 Å². The molecule has 0 saturated carbocycles. The summed E-state index contributed by atoms with van der Waals surface area (Å²) >= 11 is 5.97. The summed E-state index contributed by atoms with van der Waals surface area (Å²) in [6.45, 7) is 5.79. The first-order valence-corrected chi connectivity index (χ1v) is 8.93. The highest BCUT2D eigenvalue weighted by atomic mass is 35.5. The van der Waals surface area contributed by atoms with E-state index in [9.17, 15) is 9.59 Å². The molecule has 2 aromatic heterocycles. The van der Waals surface area contributed by atoms with Crippen molar-refractivity contribution < 1.29 is 9.59 Å². The van der Waals surface area contributed by atoms with Gasteiger partial charge in [-0.3, -0.25) is 9.59 Å². The van der Waals surface area contributed by atoms with Crippen LogP contribution in [0.15, 0.2) is 48.8 Å². The van der Waals surface area contributed by atoms with Gasteiger partial charge < -0.3 is 15.0 Å². The van der Waals surface area contributed by atoms with Gasteiger partial charge in [-0.15, -0.1) is 0 Å². The van der Waals surface area contributed by atoms with Crippen molar-refractivity contribution in [3.8, 4) is 0 Å². The molecule has 0 aliphatic carbocycles. The standard InChI is InChI=1S/C20H21ClN4O2/c1-20(2,3)19(27)24-15-6-4-5-13(9-15)18(26)22-10-16-12-25-11-14(21)7-8-17(25)23-16/h4-9,11-12H,10H2,1-3H3,(H,22,26)(H,24,27). The van der Waals surface area contributed by atoms with Crippen LogP contribution in [0, 0.1) is 5.41 Å². The maximum absolute atomic E-state index is 12.4. The lowest BCUT2D eigenvalue weighted by Gasteiger charge is -2.17. The maximum Gasteiger partial charge on any atom is 0.251 e. The number of amides is 2. The van der Waals surface area contributed by atoms with Gasteiger partial charge in [0.25, 0.3) is 5.91 Å². The van der Waals surface area contributed by atoms with Gasteiger partial charge in [0.2, 0.25) is 5.91 Å². The van der Waals surface area contributed by atoms with Crippen LogP contribution in [0.5, 0.6) is 0 Å². The molecule has 0 bridgehead atoms. The molecule has 2 heterocycles. The molecule has 140 valence electrons. The van der Waals surface area contributed by atoms with Crippen LogP contribution in [0.2, 0.25) is 5.02 Å². The van der Waals surface area contributed by atoms with Crippen LogP contribution >= 0.6 is 11.6 Å². The van der Waals surface area contributed by atoms with E-state index in [0.717, 1.165) is 11.3 Å². The van der Waals surface area contributed by atoms with E-state index in [4.69, 9.17) is 11.6 Å². The van der Waals surface area contributed by atoms with E-state index in [1.807, 2.05) is 37.4 Å². The van der Waals surface area contributed by atoms with Crippen molar-refractivity contribution in [1.29, 1.82) is 0 Å². The molecular formula is C20H21ClN4O2. The smallest absolute Gasteiger partial charge is 0.251 e. The minimum atomic E-state index is -0.510. The minimum absolute atomic E-state index is 0.108. The number of nitrogens with one attached hydrogen (secondary N) is 2. The van der Waals surface area contributed by atoms with Crippen molar-refractivity contribution >= 4 is 34.7 Å². The van der Waals surface area contributed by atoms with Crippen molar-refractivity contribution in [3.63, 3.8) is 0 Å². The van der Waals surface area contributed by atoms with E-state index in [2.05, 4.69) is 15.6 Å². The molecule has 0 radical (unpaired) electrons. The highest BCUT2D eigenvalue weighted by Crippen LogP contribution is 2.18. The molecule has 27 heavy (non-hydrogen) atoms. The molecule has 0 saturated heterocycles. The Hall–Kier alpha value is -2.86. The second kappa shape index (κ2) is 7.40. The van der Waals surface area contributed by atoms with Crippen molar-refractivity contribution in [2.45, 2.75) is 27.3 Å². The quantitative estimate of drug-likeness (QED) is 0.716. The van der Waals surface area contributed by atoms with Crippen LogP contribution in [0.1, 0.15) is 36.8 Å². The molecule has 3 rings (SSSR count). The maximum atomic E-state index is 12.4. The van der Waals surface area contributed by atoms with Crippen molar-refractivity contribution in [1.82, 2.24) is 14.7 Å². The lowest BCUT2D eigenvalue weighted by molar-refractivity contribution is -0.123. The zero-order chi connectivity index (χ0) is 19.6. The molecule has 0 spiro atoms. The largest absolute Gasteiger partial charge is 0.346 e. The fourth-order valence-corrected chi connectivity index (χ4v) is 2.60. The van der Waals surface area contributed by atoms with Gasteiger partial charge >= 0.3 is 0 Å². The van der Waals surface area contributed by atoms with E-state index >= 15 is 0 Å². The van der Waals surface area contributed by atoms with E-state index in [1.54, 1.807) is 36.5 Å². The predicted molar refractivity (Wildman–Crippen MR) is 106 cm³/mol. The number of pyridine rings is 1. The Labute approximate surface area is 162 Å². The number of imidazole rings is 1. The van der Waals surface area contributed by atoms with Gasteiger partial charge in [0, 0.05) is 29.1 Å². The minimum Gasteiger partial charge on any atom is -0.346 e. The van der Waals surface area contributed by atoms with E-state index in [0.29, 0.717) is 16.3 Å². The van der Waals surface area contributed by atoms with Gasteiger partial charge in [-0.1, -0.05) is 38.4 Å². The Morgan fingerprint density at radius 1 is 1.15 bits per heavy atom. The first-order chi connectivity index (χ1) is 12.7. The average molecular weight is 385 g/mol. The second-order valence-corrected chi connectivity index (χ2v) is 7.75. The van der Waals surface area contributed by atoms with Crippen molar-refractivity contribution in [3.05, 3.63) is 65.1 Å². The molecule has 0 aliphatic heterocycles. The van der Waals surface area contributed by atoms with Crippen LogP contribution in [-0.4, -0.2) is 21.2 Å². The number of carbonyl (C=O) groups is 2. The van der Waals surface area contributed by atoms with Gasteiger partial charge in [-0.05, 0) is 30.3 Å². The van der Waals surface area contributed by atoms with Gasteiger partial charge in [0.1, 0.15) is 5.65 Å². The zero-order valence-electron chi connectivity index (χ0n) is 15.4. The summed E-state index contributed by atoms with van der Waals surface area (Å²) in [7, 11) is 0. The predicted octanol–water partition coefficient (Wildman–Crippen LogP) is 3.90. The van der Waals surface area contributed by atoms with Crippen molar-refractivity contribution in [2.24, 2.45) is 5.41 Å². The molecule has 2 amide bonds. The summed E-state index contributed by atoms with van der Waals surface area (Å²) in [4.78, 5) is 29.0. The number of hydrogen-bond donors (Lipinski definition) is 2. The Balaban J connectivity index is 1.67. The van der Waals surface area contributed by atoms with Crippen LogP contribution in [0.3, 0.4) is 0 Å². The van der Waals surface area contributed by atoms with Gasteiger partial charge in [0.05, 0.1) is 17.3 Å².